The topological polar surface area (TPSA) is 13.1 Å². The average Bonchev–Trinajstić information content (AvgIpc) is 3.68. The fourth-order valence-electron chi connectivity index (χ4n) is 7.05. The van der Waals surface area contributed by atoms with Crippen LogP contribution in [0.1, 0.15) is 15.1 Å². The molecular weight excluding hydrogens is 593 g/mol. The van der Waals surface area contributed by atoms with Crippen LogP contribution >= 0.6 is 0 Å². The van der Waals surface area contributed by atoms with Crippen LogP contribution in [-0.4, -0.2) is 0 Å². The van der Waals surface area contributed by atoms with Gasteiger partial charge in [0, 0.05) is 10.8 Å². The van der Waals surface area contributed by atoms with Crippen LogP contribution in [0.3, 0.4) is 0 Å². The third kappa shape index (κ3) is 4.47. The van der Waals surface area contributed by atoms with E-state index in [4.69, 9.17) is 16.8 Å². The lowest BCUT2D eigenvalue weighted by Crippen LogP contribution is -1.91. The molecule has 0 amide bonds. The number of hydrogen-bond acceptors (Lipinski definition) is 1. The molecule has 0 saturated carbocycles. The molecule has 0 N–H and O–H groups in total. The molecule has 0 spiro atoms. The van der Waals surface area contributed by atoms with Gasteiger partial charge in [-0.15, -0.1) is 0 Å². The standard InChI is InChI=1S/C48H30O/c1-2-11-31(12-3-1)37-27-28-44-43(30-37)48-42(19-10-20-45(48)49-44)47-40-17-8-6-15-38(40)46(39-16-7-9-18-41(39)47)34-24-21-33(22-25-34)36-26-23-32-13-4-5-14-35(32)29-36/h1-30H/i1D,2D,3D,10D,11D,12D,19D,20D,27D,28D,30D. The van der Waals surface area contributed by atoms with Gasteiger partial charge in [-0.3, -0.25) is 0 Å². The van der Waals surface area contributed by atoms with Crippen molar-refractivity contribution in [2.24, 2.45) is 0 Å². The van der Waals surface area contributed by atoms with E-state index < -0.39 is 66.0 Å². The number of hydrogen-bond donors (Lipinski definition) is 0. The summed E-state index contributed by atoms with van der Waals surface area (Å²) in [5.74, 6) is 0. The second-order valence-corrected chi connectivity index (χ2v) is 12.0. The molecule has 0 aliphatic heterocycles. The van der Waals surface area contributed by atoms with E-state index in [1.165, 1.54) is 0 Å². The van der Waals surface area contributed by atoms with Crippen molar-refractivity contribution >= 4 is 54.3 Å². The summed E-state index contributed by atoms with van der Waals surface area (Å²) in [6.07, 6.45) is 0. The first-order chi connectivity index (χ1) is 28.9. The molecule has 0 bridgehead atoms. The van der Waals surface area contributed by atoms with Crippen molar-refractivity contribution in [3.05, 3.63) is 182 Å². The highest BCUT2D eigenvalue weighted by Gasteiger charge is 2.20. The zero-order valence-electron chi connectivity index (χ0n) is 36.9. The van der Waals surface area contributed by atoms with E-state index in [9.17, 15) is 2.74 Å². The first kappa shape index (κ1) is 18.8. The summed E-state index contributed by atoms with van der Waals surface area (Å²) in [7, 11) is 0. The maximum Gasteiger partial charge on any atom is 0.136 e. The van der Waals surface area contributed by atoms with Crippen LogP contribution in [0.25, 0.3) is 98.8 Å². The van der Waals surface area contributed by atoms with Gasteiger partial charge < -0.3 is 4.42 Å². The monoisotopic (exact) mass is 633 g/mol. The van der Waals surface area contributed by atoms with E-state index in [1.54, 1.807) is 0 Å². The van der Waals surface area contributed by atoms with Crippen molar-refractivity contribution in [1.82, 2.24) is 0 Å². The molecule has 1 nitrogen and oxygen atoms in total. The zero-order valence-corrected chi connectivity index (χ0v) is 25.9. The molecule has 0 saturated heterocycles. The lowest BCUT2D eigenvalue weighted by molar-refractivity contribution is 0.669. The number of benzene rings is 9. The molecule has 1 aromatic heterocycles. The Bertz CT molecular complexity index is 3410. The highest BCUT2D eigenvalue weighted by atomic mass is 16.3. The summed E-state index contributed by atoms with van der Waals surface area (Å²) >= 11 is 0. The molecule has 9 aromatic carbocycles. The van der Waals surface area contributed by atoms with Crippen LogP contribution in [0, 0.1) is 0 Å². The van der Waals surface area contributed by atoms with Gasteiger partial charge in [0.2, 0.25) is 0 Å². The van der Waals surface area contributed by atoms with Gasteiger partial charge in [0.15, 0.2) is 0 Å². The van der Waals surface area contributed by atoms with E-state index in [1.807, 2.05) is 60.7 Å². The summed E-state index contributed by atoms with van der Waals surface area (Å²) in [6, 6.07) is 32.5. The summed E-state index contributed by atoms with van der Waals surface area (Å²) in [4.78, 5) is 0. The van der Waals surface area contributed by atoms with Crippen LogP contribution in [0.2, 0.25) is 0 Å². The van der Waals surface area contributed by atoms with Crippen molar-refractivity contribution in [3.8, 4) is 44.5 Å². The van der Waals surface area contributed by atoms with E-state index in [0.29, 0.717) is 16.3 Å². The third-order valence-corrected chi connectivity index (χ3v) is 9.26. The Morgan fingerprint density at radius 3 is 1.76 bits per heavy atom. The fraction of sp³-hybridized carbons (Fsp3) is 0. The van der Waals surface area contributed by atoms with E-state index in [2.05, 4.69) is 54.6 Å². The number of fused-ring (bicyclic) bond motifs is 6. The Balaban J connectivity index is 1.29. The Kier molecular flexibility index (Phi) is 4.25. The molecule has 10 rings (SSSR count). The maximum atomic E-state index is 9.58. The minimum Gasteiger partial charge on any atom is -0.456 e. The third-order valence-electron chi connectivity index (χ3n) is 9.26. The van der Waals surface area contributed by atoms with Crippen molar-refractivity contribution in [2.75, 3.05) is 0 Å². The second kappa shape index (κ2) is 11.1. The number of rotatable bonds is 4. The van der Waals surface area contributed by atoms with Crippen molar-refractivity contribution < 1.29 is 19.5 Å². The molecule has 0 radical (unpaired) electrons. The predicted octanol–water partition coefficient (Wildman–Crippen LogP) is 13.7. The molecule has 1 heteroatoms. The Morgan fingerprint density at radius 2 is 1.02 bits per heavy atom. The van der Waals surface area contributed by atoms with Crippen molar-refractivity contribution in [3.63, 3.8) is 0 Å². The zero-order chi connectivity index (χ0) is 41.9. The van der Waals surface area contributed by atoms with Crippen LogP contribution in [0.5, 0.6) is 0 Å². The molecule has 0 atom stereocenters. The molecule has 49 heavy (non-hydrogen) atoms. The molecule has 0 fully saturated rings. The van der Waals surface area contributed by atoms with E-state index in [-0.39, 0.29) is 39.1 Å². The minimum atomic E-state index is -0.656. The van der Waals surface area contributed by atoms with Crippen molar-refractivity contribution in [1.29, 1.82) is 0 Å². The fourth-order valence-corrected chi connectivity index (χ4v) is 7.05. The first-order valence-electron chi connectivity index (χ1n) is 21.4. The van der Waals surface area contributed by atoms with Gasteiger partial charge in [-0.1, -0.05) is 158 Å². The largest absolute Gasteiger partial charge is 0.456 e. The van der Waals surface area contributed by atoms with Gasteiger partial charge >= 0.3 is 0 Å². The smallest absolute Gasteiger partial charge is 0.136 e. The SMILES string of the molecule is [2H]c1c([2H])c([2H])c(-c2c([2H])c([2H])c3oc4c([2H])c([2H])c([2H])c(-c5c6ccccc6c(-c6ccc(-c7ccc8ccccc8c7)cc6)c6ccccc56)c4c3c2[2H])c([2H])c1[2H]. The van der Waals surface area contributed by atoms with Gasteiger partial charge in [-0.2, -0.15) is 0 Å². The van der Waals surface area contributed by atoms with E-state index in [0.717, 1.165) is 43.8 Å². The Labute approximate surface area is 299 Å². The Morgan fingerprint density at radius 1 is 0.388 bits per heavy atom. The second-order valence-electron chi connectivity index (χ2n) is 12.0. The van der Waals surface area contributed by atoms with Crippen molar-refractivity contribution in [2.45, 2.75) is 0 Å². The van der Waals surface area contributed by atoms with Crippen LogP contribution in [0.15, 0.2) is 186 Å². The maximum absolute atomic E-state index is 9.58. The quantitative estimate of drug-likeness (QED) is 0.176. The molecule has 0 unspecified atom stereocenters. The predicted molar refractivity (Wildman–Crippen MR) is 208 cm³/mol. The van der Waals surface area contributed by atoms with E-state index >= 15 is 0 Å². The highest BCUT2D eigenvalue weighted by Crippen LogP contribution is 2.47. The lowest BCUT2D eigenvalue weighted by Gasteiger charge is -2.18. The van der Waals surface area contributed by atoms with Gasteiger partial charge in [0.1, 0.15) is 11.2 Å². The number of furan rings is 1. The summed E-state index contributed by atoms with van der Waals surface area (Å²) in [5.41, 5.74) is 3.55. The molecular formula is C48H30O. The minimum absolute atomic E-state index is 0.0636. The Hall–Kier alpha value is -6.44. The van der Waals surface area contributed by atoms with Gasteiger partial charge in [-0.25, -0.2) is 0 Å². The average molecular weight is 634 g/mol. The first-order valence-corrected chi connectivity index (χ1v) is 15.9. The normalized spacial score (nSPS) is 14.8. The van der Waals surface area contributed by atoms with Crippen LogP contribution in [0.4, 0.5) is 0 Å². The summed E-state index contributed by atoms with van der Waals surface area (Å²) in [5, 5.41) is 5.45. The van der Waals surface area contributed by atoms with Gasteiger partial charge in [-0.05, 0) is 101 Å². The molecule has 0 aliphatic rings. The molecule has 1 heterocycles. The van der Waals surface area contributed by atoms with Crippen LogP contribution < -0.4 is 0 Å². The van der Waals surface area contributed by atoms with Gasteiger partial charge in [0.25, 0.3) is 0 Å². The molecule has 0 aliphatic carbocycles. The van der Waals surface area contributed by atoms with Crippen LogP contribution in [-0.2, 0) is 0 Å². The highest BCUT2D eigenvalue weighted by molar-refractivity contribution is 6.25. The summed E-state index contributed by atoms with van der Waals surface area (Å²) in [6.45, 7) is 0. The molecule has 228 valence electrons. The summed E-state index contributed by atoms with van der Waals surface area (Å²) < 4.78 is 103. The van der Waals surface area contributed by atoms with Gasteiger partial charge in [0.05, 0.1) is 15.1 Å². The lowest BCUT2D eigenvalue weighted by atomic mass is 9.84. The molecule has 10 aromatic rings.